The Hall–Kier alpha value is -2.70. The first-order valence-corrected chi connectivity index (χ1v) is 7.74. The molecule has 0 saturated heterocycles. The van der Waals surface area contributed by atoms with E-state index in [2.05, 4.69) is 10.1 Å². The van der Waals surface area contributed by atoms with Crippen molar-refractivity contribution >= 4 is 5.91 Å². The molecular weight excluding hydrogens is 335 g/mol. The third kappa shape index (κ3) is 5.70. The summed E-state index contributed by atoms with van der Waals surface area (Å²) in [5, 5.41) is 2.71. The van der Waals surface area contributed by atoms with Crippen LogP contribution >= 0.6 is 0 Å². The van der Waals surface area contributed by atoms with Gasteiger partial charge in [0.1, 0.15) is 5.82 Å². The molecule has 0 saturated carbocycles. The fraction of sp³-hybridized carbons (Fsp3) is 0.278. The van der Waals surface area contributed by atoms with E-state index in [0.29, 0.717) is 13.0 Å². The summed E-state index contributed by atoms with van der Waals surface area (Å²) in [5.41, 5.74) is 1.15. The number of benzene rings is 2. The fourth-order valence-corrected chi connectivity index (χ4v) is 2.18. The Morgan fingerprint density at radius 2 is 1.84 bits per heavy atom. The van der Waals surface area contributed by atoms with Gasteiger partial charge in [0.25, 0.3) is 5.91 Å². The number of rotatable bonds is 8. The molecule has 1 N–H and O–H groups in total. The maximum absolute atomic E-state index is 12.8. The van der Waals surface area contributed by atoms with Crippen molar-refractivity contribution in [3.63, 3.8) is 0 Å². The number of hydrogen-bond donors (Lipinski definition) is 1. The van der Waals surface area contributed by atoms with Gasteiger partial charge in [0.2, 0.25) is 0 Å². The van der Waals surface area contributed by atoms with Gasteiger partial charge in [0.05, 0.1) is 6.61 Å². The van der Waals surface area contributed by atoms with Crippen LogP contribution in [0.4, 0.5) is 13.2 Å². The van der Waals surface area contributed by atoms with E-state index >= 15 is 0 Å². The zero-order valence-corrected chi connectivity index (χ0v) is 13.6. The van der Waals surface area contributed by atoms with E-state index in [1.165, 1.54) is 30.3 Å². The van der Waals surface area contributed by atoms with Crippen molar-refractivity contribution in [2.45, 2.75) is 20.0 Å². The molecule has 7 heteroatoms. The molecule has 0 radical (unpaired) electrons. The molecule has 25 heavy (non-hydrogen) atoms. The van der Waals surface area contributed by atoms with Gasteiger partial charge in [0.15, 0.2) is 11.5 Å². The topological polar surface area (TPSA) is 47.6 Å². The molecule has 0 aromatic heterocycles. The lowest BCUT2D eigenvalue weighted by Crippen LogP contribution is -2.25. The maximum Gasteiger partial charge on any atom is 0.387 e. The van der Waals surface area contributed by atoms with Crippen molar-refractivity contribution in [3.8, 4) is 11.5 Å². The van der Waals surface area contributed by atoms with E-state index in [1.54, 1.807) is 19.1 Å². The number of ether oxygens (including phenoxy) is 2. The number of nitrogens with one attached hydrogen (secondary N) is 1. The highest BCUT2D eigenvalue weighted by Crippen LogP contribution is 2.29. The van der Waals surface area contributed by atoms with Gasteiger partial charge in [-0.05, 0) is 49.2 Å². The molecule has 134 valence electrons. The monoisotopic (exact) mass is 353 g/mol. The van der Waals surface area contributed by atoms with Crippen molar-refractivity contribution in [2.75, 3.05) is 13.2 Å². The summed E-state index contributed by atoms with van der Waals surface area (Å²) in [6.45, 7) is -0.685. The van der Waals surface area contributed by atoms with Gasteiger partial charge in [-0.2, -0.15) is 8.78 Å². The van der Waals surface area contributed by atoms with Crippen molar-refractivity contribution in [3.05, 3.63) is 59.4 Å². The number of alkyl halides is 2. The lowest BCUT2D eigenvalue weighted by Gasteiger charge is -2.13. The van der Waals surface area contributed by atoms with Gasteiger partial charge >= 0.3 is 6.61 Å². The van der Waals surface area contributed by atoms with E-state index in [1.807, 2.05) is 0 Å². The summed E-state index contributed by atoms with van der Waals surface area (Å²) < 4.78 is 47.2. The van der Waals surface area contributed by atoms with Gasteiger partial charge in [-0.15, -0.1) is 0 Å². The highest BCUT2D eigenvalue weighted by molar-refractivity contribution is 5.94. The van der Waals surface area contributed by atoms with Gasteiger partial charge in [-0.25, -0.2) is 4.39 Å². The van der Waals surface area contributed by atoms with E-state index in [0.717, 1.165) is 5.56 Å². The van der Waals surface area contributed by atoms with Gasteiger partial charge in [-0.3, -0.25) is 4.79 Å². The SMILES string of the molecule is CCOc1cc(C(=O)NCCc2ccc(F)cc2)ccc1OC(F)F. The summed E-state index contributed by atoms with van der Waals surface area (Å²) in [4.78, 5) is 12.2. The average Bonchev–Trinajstić information content (AvgIpc) is 2.58. The zero-order chi connectivity index (χ0) is 18.2. The smallest absolute Gasteiger partial charge is 0.387 e. The van der Waals surface area contributed by atoms with E-state index in [4.69, 9.17) is 4.74 Å². The second-order valence-electron chi connectivity index (χ2n) is 5.11. The summed E-state index contributed by atoms with van der Waals surface area (Å²) >= 11 is 0. The second-order valence-corrected chi connectivity index (χ2v) is 5.11. The van der Waals surface area contributed by atoms with Crippen LogP contribution in [0.5, 0.6) is 11.5 Å². The number of amides is 1. The minimum atomic E-state index is -2.98. The second kappa shape index (κ2) is 8.96. The van der Waals surface area contributed by atoms with Crippen molar-refractivity contribution < 1.29 is 27.4 Å². The molecule has 0 unspecified atom stereocenters. The highest BCUT2D eigenvalue weighted by atomic mass is 19.3. The molecule has 4 nitrogen and oxygen atoms in total. The van der Waals surface area contributed by atoms with Crippen LogP contribution in [0.3, 0.4) is 0 Å². The first-order chi connectivity index (χ1) is 12.0. The summed E-state index contributed by atoms with van der Waals surface area (Å²) in [5.74, 6) is -0.734. The maximum atomic E-state index is 12.8. The zero-order valence-electron chi connectivity index (χ0n) is 13.6. The van der Waals surface area contributed by atoms with Crippen LogP contribution in [-0.2, 0) is 6.42 Å². The summed E-state index contributed by atoms with van der Waals surface area (Å²) in [6.07, 6.45) is 0.539. The highest BCUT2D eigenvalue weighted by Gasteiger charge is 2.14. The van der Waals surface area contributed by atoms with Crippen LogP contribution in [0.1, 0.15) is 22.8 Å². The molecule has 0 atom stereocenters. The van der Waals surface area contributed by atoms with Crippen LogP contribution in [-0.4, -0.2) is 25.7 Å². The number of halogens is 3. The number of hydrogen-bond acceptors (Lipinski definition) is 3. The van der Waals surface area contributed by atoms with Crippen LogP contribution in [0.25, 0.3) is 0 Å². The molecule has 1 amide bonds. The van der Waals surface area contributed by atoms with Gasteiger partial charge in [-0.1, -0.05) is 12.1 Å². The van der Waals surface area contributed by atoms with E-state index in [-0.39, 0.29) is 35.4 Å². The number of carbonyl (C=O) groups excluding carboxylic acids is 1. The number of carbonyl (C=O) groups is 1. The first-order valence-electron chi connectivity index (χ1n) is 7.74. The van der Waals surface area contributed by atoms with E-state index < -0.39 is 6.61 Å². The Morgan fingerprint density at radius 3 is 2.48 bits per heavy atom. The summed E-state index contributed by atoms with van der Waals surface area (Å²) in [7, 11) is 0. The predicted molar refractivity (Wildman–Crippen MR) is 86.7 cm³/mol. The minimum Gasteiger partial charge on any atom is -0.490 e. The fourth-order valence-electron chi connectivity index (χ4n) is 2.18. The molecule has 2 rings (SSSR count). The first kappa shape index (κ1) is 18.6. The molecule has 0 aliphatic heterocycles. The Labute approximate surface area is 143 Å². The minimum absolute atomic E-state index is 0.0778. The lowest BCUT2D eigenvalue weighted by molar-refractivity contribution is -0.0514. The normalized spacial score (nSPS) is 10.6. The van der Waals surface area contributed by atoms with Crippen LogP contribution in [0.15, 0.2) is 42.5 Å². The Morgan fingerprint density at radius 1 is 1.12 bits per heavy atom. The average molecular weight is 353 g/mol. The molecule has 0 heterocycles. The molecule has 0 bridgehead atoms. The third-order valence-corrected chi connectivity index (χ3v) is 3.33. The molecule has 2 aromatic rings. The largest absolute Gasteiger partial charge is 0.490 e. The van der Waals surface area contributed by atoms with Crippen molar-refractivity contribution in [1.29, 1.82) is 0 Å². The van der Waals surface area contributed by atoms with Gasteiger partial charge in [0, 0.05) is 12.1 Å². The molecule has 2 aromatic carbocycles. The summed E-state index contributed by atoms with van der Waals surface area (Å²) in [6, 6.07) is 10.0. The molecule has 0 aliphatic carbocycles. The van der Waals surface area contributed by atoms with E-state index in [9.17, 15) is 18.0 Å². The lowest BCUT2D eigenvalue weighted by atomic mass is 10.1. The molecular formula is C18H18F3NO3. The Bertz CT molecular complexity index is 705. The van der Waals surface area contributed by atoms with Crippen LogP contribution in [0, 0.1) is 5.82 Å². The molecule has 0 aliphatic rings. The quantitative estimate of drug-likeness (QED) is 0.785. The van der Waals surface area contributed by atoms with Gasteiger partial charge < -0.3 is 14.8 Å². The Kier molecular flexibility index (Phi) is 6.68. The van der Waals surface area contributed by atoms with Crippen LogP contribution < -0.4 is 14.8 Å². The molecule has 0 fully saturated rings. The molecule has 0 spiro atoms. The van der Waals surface area contributed by atoms with Crippen LogP contribution in [0.2, 0.25) is 0 Å². The third-order valence-electron chi connectivity index (χ3n) is 3.33. The van der Waals surface area contributed by atoms with Crippen molar-refractivity contribution in [2.24, 2.45) is 0 Å². The standard InChI is InChI=1S/C18H18F3NO3/c1-2-24-16-11-13(5-8-15(16)25-18(20)21)17(23)22-10-9-12-3-6-14(19)7-4-12/h3-8,11,18H,2,9-10H2,1H3,(H,22,23). The van der Waals surface area contributed by atoms with Crippen molar-refractivity contribution in [1.82, 2.24) is 5.32 Å². The Balaban J connectivity index is 1.98. The predicted octanol–water partition coefficient (Wildman–Crippen LogP) is 3.80.